The van der Waals surface area contributed by atoms with Crippen molar-refractivity contribution in [3.05, 3.63) is 17.5 Å². The maximum atomic E-state index is 12.8. The van der Waals surface area contributed by atoms with Crippen LogP contribution >= 0.6 is 0 Å². The molecule has 0 aromatic carbocycles. The molecule has 0 amide bonds. The van der Waals surface area contributed by atoms with Crippen molar-refractivity contribution in [2.24, 2.45) is 7.05 Å². The number of pyridine rings is 1. The van der Waals surface area contributed by atoms with E-state index in [1.54, 1.807) is 18.7 Å². The Morgan fingerprint density at radius 1 is 1.25 bits per heavy atom. The van der Waals surface area contributed by atoms with Gasteiger partial charge in [-0.15, -0.1) is 0 Å². The zero-order valence-corrected chi connectivity index (χ0v) is 16.2. The first-order valence-electron chi connectivity index (χ1n) is 9.24. The number of halogens is 3. The maximum Gasteiger partial charge on any atom is 0.401 e. The highest BCUT2D eigenvalue weighted by molar-refractivity contribution is 6.05. The minimum Gasteiger partial charge on any atom is -0.462 e. The Hall–Kier alpha value is -2.36. The van der Waals surface area contributed by atoms with Crippen LogP contribution in [0.1, 0.15) is 29.4 Å². The third-order valence-corrected chi connectivity index (χ3v) is 4.80. The molecule has 3 rings (SSSR count). The minimum absolute atomic E-state index is 0.224. The Morgan fingerprint density at radius 3 is 2.68 bits per heavy atom. The number of aromatic nitrogens is 3. The second kappa shape index (κ2) is 7.94. The summed E-state index contributed by atoms with van der Waals surface area (Å²) in [6, 6.07) is 0. The number of hydrogen-bond acceptors (Lipinski definition) is 6. The normalized spacial score (nSPS) is 16.4. The highest BCUT2D eigenvalue weighted by atomic mass is 19.4. The van der Waals surface area contributed by atoms with Gasteiger partial charge in [-0.25, -0.2) is 9.78 Å². The van der Waals surface area contributed by atoms with Crippen LogP contribution in [0.15, 0.2) is 6.20 Å². The third kappa shape index (κ3) is 4.21. The first kappa shape index (κ1) is 20.4. The maximum absolute atomic E-state index is 12.8. The number of carbonyl (C=O) groups is 1. The summed E-state index contributed by atoms with van der Waals surface area (Å²) in [6.45, 7) is 4.36. The number of rotatable bonds is 4. The number of alkyl halides is 3. The highest BCUT2D eigenvalue weighted by Gasteiger charge is 2.32. The van der Waals surface area contributed by atoms with Crippen molar-refractivity contribution in [2.75, 3.05) is 44.2 Å². The molecule has 0 bridgehead atoms. The fraction of sp³-hybridized carbons (Fsp3) is 0.611. The Morgan fingerprint density at radius 2 is 2.00 bits per heavy atom. The van der Waals surface area contributed by atoms with E-state index in [-0.39, 0.29) is 13.2 Å². The molecular weight excluding hydrogens is 375 g/mol. The molecule has 1 saturated heterocycles. The lowest BCUT2D eigenvalue weighted by atomic mass is 10.1. The van der Waals surface area contributed by atoms with E-state index in [4.69, 9.17) is 4.74 Å². The molecule has 0 aliphatic carbocycles. The van der Waals surface area contributed by atoms with Gasteiger partial charge < -0.3 is 9.64 Å². The lowest BCUT2D eigenvalue weighted by Crippen LogP contribution is -2.37. The largest absolute Gasteiger partial charge is 0.462 e. The summed E-state index contributed by atoms with van der Waals surface area (Å²) < 4.78 is 45.1. The fourth-order valence-electron chi connectivity index (χ4n) is 3.69. The molecule has 154 valence electrons. The summed E-state index contributed by atoms with van der Waals surface area (Å²) >= 11 is 0. The number of nitrogens with zero attached hydrogens (tertiary/aromatic N) is 5. The van der Waals surface area contributed by atoms with E-state index in [9.17, 15) is 18.0 Å². The Balaban J connectivity index is 2.00. The quantitative estimate of drug-likeness (QED) is 0.737. The zero-order valence-electron chi connectivity index (χ0n) is 16.2. The molecule has 2 aromatic heterocycles. The fourth-order valence-corrected chi connectivity index (χ4v) is 3.69. The van der Waals surface area contributed by atoms with Crippen molar-refractivity contribution in [1.82, 2.24) is 19.7 Å². The molecular formula is C18H24F3N5O2. The van der Waals surface area contributed by atoms with Crippen LogP contribution in [-0.4, -0.2) is 71.1 Å². The van der Waals surface area contributed by atoms with Gasteiger partial charge in [-0.05, 0) is 20.3 Å². The lowest BCUT2D eigenvalue weighted by Gasteiger charge is -2.26. The van der Waals surface area contributed by atoms with Crippen molar-refractivity contribution in [3.8, 4) is 0 Å². The van der Waals surface area contributed by atoms with Crippen LogP contribution in [0.2, 0.25) is 0 Å². The van der Waals surface area contributed by atoms with Gasteiger partial charge in [0.25, 0.3) is 0 Å². The van der Waals surface area contributed by atoms with Gasteiger partial charge in [-0.3, -0.25) is 9.58 Å². The van der Waals surface area contributed by atoms with E-state index in [2.05, 4.69) is 10.1 Å². The minimum atomic E-state index is -4.23. The van der Waals surface area contributed by atoms with Gasteiger partial charge in [0.1, 0.15) is 5.56 Å². The van der Waals surface area contributed by atoms with Gasteiger partial charge >= 0.3 is 12.1 Å². The van der Waals surface area contributed by atoms with Crippen molar-refractivity contribution < 1.29 is 22.7 Å². The molecule has 0 saturated carbocycles. The highest BCUT2D eigenvalue weighted by Crippen LogP contribution is 2.33. The smallest absolute Gasteiger partial charge is 0.401 e. The van der Waals surface area contributed by atoms with Crippen LogP contribution in [-0.2, 0) is 11.8 Å². The molecule has 1 aliphatic heterocycles. The summed E-state index contributed by atoms with van der Waals surface area (Å²) in [6.07, 6.45) is -2.20. The van der Waals surface area contributed by atoms with Crippen LogP contribution in [0.3, 0.4) is 0 Å². The predicted molar refractivity (Wildman–Crippen MR) is 98.5 cm³/mol. The molecule has 3 heterocycles. The lowest BCUT2D eigenvalue weighted by molar-refractivity contribution is -0.145. The van der Waals surface area contributed by atoms with Crippen LogP contribution in [0.5, 0.6) is 0 Å². The van der Waals surface area contributed by atoms with Gasteiger partial charge in [0.15, 0.2) is 5.65 Å². The third-order valence-electron chi connectivity index (χ3n) is 4.80. The SMILES string of the molecule is CCOC(=O)c1cnc2c(c(C)nn2C)c1N1CCCN(CC(F)(F)F)CC1. The van der Waals surface area contributed by atoms with Crippen LogP contribution in [0, 0.1) is 6.92 Å². The summed E-state index contributed by atoms with van der Waals surface area (Å²) in [4.78, 5) is 20.3. The van der Waals surface area contributed by atoms with Crippen molar-refractivity contribution in [2.45, 2.75) is 26.4 Å². The number of esters is 1. The van der Waals surface area contributed by atoms with Crippen LogP contribution in [0.4, 0.5) is 18.9 Å². The van der Waals surface area contributed by atoms with E-state index in [0.29, 0.717) is 48.6 Å². The van der Waals surface area contributed by atoms with Crippen molar-refractivity contribution >= 4 is 22.7 Å². The molecule has 7 nitrogen and oxygen atoms in total. The number of aryl methyl sites for hydroxylation is 2. The van der Waals surface area contributed by atoms with E-state index >= 15 is 0 Å². The number of carbonyl (C=O) groups excluding carboxylic acids is 1. The van der Waals surface area contributed by atoms with Crippen LogP contribution in [0.25, 0.3) is 11.0 Å². The summed E-state index contributed by atoms with van der Waals surface area (Å²) in [5.41, 5.74) is 2.29. The number of anilines is 1. The Bertz CT molecular complexity index is 865. The number of fused-ring (bicyclic) bond motifs is 1. The number of hydrogen-bond donors (Lipinski definition) is 0. The molecule has 10 heteroatoms. The zero-order chi connectivity index (χ0) is 20.5. The van der Waals surface area contributed by atoms with Gasteiger partial charge in [0, 0.05) is 39.4 Å². The van der Waals surface area contributed by atoms with E-state index < -0.39 is 18.7 Å². The molecule has 2 aromatic rings. The topological polar surface area (TPSA) is 63.5 Å². The molecule has 0 unspecified atom stereocenters. The second-order valence-corrected chi connectivity index (χ2v) is 6.88. The van der Waals surface area contributed by atoms with Gasteiger partial charge in [-0.1, -0.05) is 0 Å². The Labute approximate surface area is 161 Å². The van der Waals surface area contributed by atoms with Crippen molar-refractivity contribution in [1.29, 1.82) is 0 Å². The Kier molecular flexibility index (Phi) is 5.78. The summed E-state index contributed by atoms with van der Waals surface area (Å²) in [5, 5.41) is 5.13. The molecule has 1 aliphatic rings. The van der Waals surface area contributed by atoms with Gasteiger partial charge in [0.05, 0.1) is 29.9 Å². The molecule has 0 N–H and O–H groups in total. The summed E-state index contributed by atoms with van der Waals surface area (Å²) in [7, 11) is 1.77. The van der Waals surface area contributed by atoms with E-state index in [0.717, 1.165) is 5.39 Å². The molecule has 1 fully saturated rings. The molecule has 0 atom stereocenters. The van der Waals surface area contributed by atoms with E-state index in [1.165, 1.54) is 11.1 Å². The molecule has 0 spiro atoms. The average molecular weight is 399 g/mol. The predicted octanol–water partition coefficient (Wildman–Crippen LogP) is 2.53. The first-order chi connectivity index (χ1) is 13.2. The molecule has 28 heavy (non-hydrogen) atoms. The van der Waals surface area contributed by atoms with Crippen LogP contribution < -0.4 is 4.90 Å². The molecule has 0 radical (unpaired) electrons. The standard InChI is InChI=1S/C18H24F3N5O2/c1-4-28-17(27)13-10-22-16-14(12(2)23-24(16)3)15(13)26-7-5-6-25(8-9-26)11-18(19,20)21/h10H,4-9,11H2,1-3H3. The summed E-state index contributed by atoms with van der Waals surface area (Å²) in [5.74, 6) is -0.494. The van der Waals surface area contributed by atoms with Crippen molar-refractivity contribution in [3.63, 3.8) is 0 Å². The second-order valence-electron chi connectivity index (χ2n) is 6.88. The van der Waals surface area contributed by atoms with E-state index in [1.807, 2.05) is 11.8 Å². The first-order valence-corrected chi connectivity index (χ1v) is 9.24. The van der Waals surface area contributed by atoms with Gasteiger partial charge in [0.2, 0.25) is 0 Å². The van der Waals surface area contributed by atoms with Gasteiger partial charge in [-0.2, -0.15) is 18.3 Å². The number of ether oxygens (including phenoxy) is 1. The monoisotopic (exact) mass is 399 g/mol. The average Bonchev–Trinajstić information content (AvgIpc) is 2.77.